The number of aromatic nitrogens is 1. The minimum absolute atomic E-state index is 0.221. The molecule has 0 spiro atoms. The van der Waals surface area contributed by atoms with Crippen LogP contribution in [0.5, 0.6) is 0 Å². The van der Waals surface area contributed by atoms with Crippen LogP contribution in [0.4, 0.5) is 0 Å². The van der Waals surface area contributed by atoms with Gasteiger partial charge in [0.2, 0.25) is 5.92 Å². The fourth-order valence-corrected chi connectivity index (χ4v) is 2.12. The molecule has 5 nitrogen and oxygen atoms in total. The zero-order valence-electron chi connectivity index (χ0n) is 10.1. The Morgan fingerprint density at radius 1 is 1.29 bits per heavy atom. The Morgan fingerprint density at radius 2 is 1.82 bits per heavy atom. The SMILES string of the molecule is CCOC(=O)C(C(=O)OCC)c1nc(C)cs1. The second-order valence-corrected chi connectivity index (χ2v) is 4.15. The highest BCUT2D eigenvalue weighted by atomic mass is 32.1. The Bertz CT molecular complexity index is 384. The minimum atomic E-state index is -1.06. The van der Waals surface area contributed by atoms with Crippen LogP contribution in [0.15, 0.2) is 5.38 Å². The molecule has 0 aromatic carbocycles. The van der Waals surface area contributed by atoms with E-state index < -0.39 is 17.9 Å². The molecule has 0 fully saturated rings. The van der Waals surface area contributed by atoms with Crippen molar-refractivity contribution in [3.63, 3.8) is 0 Å². The van der Waals surface area contributed by atoms with E-state index in [1.54, 1.807) is 26.2 Å². The summed E-state index contributed by atoms with van der Waals surface area (Å²) < 4.78 is 9.72. The van der Waals surface area contributed by atoms with Crippen LogP contribution in [0.25, 0.3) is 0 Å². The van der Waals surface area contributed by atoms with Gasteiger partial charge in [-0.05, 0) is 20.8 Å². The second-order valence-electron chi connectivity index (χ2n) is 3.26. The van der Waals surface area contributed by atoms with Gasteiger partial charge in [0.05, 0.1) is 13.2 Å². The van der Waals surface area contributed by atoms with Gasteiger partial charge in [-0.1, -0.05) is 0 Å². The number of ether oxygens (including phenoxy) is 2. The van der Waals surface area contributed by atoms with Gasteiger partial charge in [-0.3, -0.25) is 9.59 Å². The van der Waals surface area contributed by atoms with Gasteiger partial charge in [-0.15, -0.1) is 11.3 Å². The molecule has 0 aliphatic rings. The van der Waals surface area contributed by atoms with Crippen LogP contribution in [-0.4, -0.2) is 30.1 Å². The van der Waals surface area contributed by atoms with E-state index in [1.807, 2.05) is 0 Å². The Morgan fingerprint density at radius 3 is 2.18 bits per heavy atom. The molecule has 0 aliphatic heterocycles. The maximum Gasteiger partial charge on any atom is 0.327 e. The van der Waals surface area contributed by atoms with Crippen molar-refractivity contribution in [3.05, 3.63) is 16.1 Å². The zero-order valence-corrected chi connectivity index (χ0v) is 10.9. The number of rotatable bonds is 5. The summed E-state index contributed by atoms with van der Waals surface area (Å²) in [6, 6.07) is 0. The van der Waals surface area contributed by atoms with Crippen molar-refractivity contribution in [1.82, 2.24) is 4.98 Å². The van der Waals surface area contributed by atoms with E-state index in [0.717, 1.165) is 5.69 Å². The Labute approximate surface area is 104 Å². The highest BCUT2D eigenvalue weighted by molar-refractivity contribution is 7.10. The van der Waals surface area contributed by atoms with Gasteiger partial charge in [0, 0.05) is 11.1 Å². The molecule has 0 amide bonds. The van der Waals surface area contributed by atoms with Gasteiger partial charge in [0.25, 0.3) is 0 Å². The van der Waals surface area contributed by atoms with Crippen LogP contribution < -0.4 is 0 Å². The number of aryl methyl sites for hydroxylation is 1. The molecule has 0 N–H and O–H groups in total. The minimum Gasteiger partial charge on any atom is -0.465 e. The summed E-state index contributed by atoms with van der Waals surface area (Å²) in [6.07, 6.45) is 0. The summed E-state index contributed by atoms with van der Waals surface area (Å²) in [6.45, 7) is 5.62. The van der Waals surface area contributed by atoms with Crippen LogP contribution in [0.2, 0.25) is 0 Å². The first-order chi connectivity index (χ1) is 8.10. The standard InChI is InChI=1S/C11H15NO4S/c1-4-15-10(13)8(11(14)16-5-2)9-12-7(3)6-17-9/h6,8H,4-5H2,1-3H3. The first-order valence-corrected chi connectivity index (χ1v) is 6.23. The molecule has 0 aliphatic carbocycles. The van der Waals surface area contributed by atoms with Crippen LogP contribution in [0.3, 0.4) is 0 Å². The van der Waals surface area contributed by atoms with Crippen LogP contribution in [0.1, 0.15) is 30.5 Å². The van der Waals surface area contributed by atoms with Gasteiger partial charge in [0.1, 0.15) is 5.01 Å². The van der Waals surface area contributed by atoms with Crippen molar-refractivity contribution in [2.24, 2.45) is 0 Å². The van der Waals surface area contributed by atoms with Crippen LogP contribution >= 0.6 is 11.3 Å². The van der Waals surface area contributed by atoms with Gasteiger partial charge in [0.15, 0.2) is 0 Å². The lowest BCUT2D eigenvalue weighted by Gasteiger charge is -2.11. The number of nitrogens with zero attached hydrogens (tertiary/aromatic N) is 1. The van der Waals surface area contributed by atoms with Gasteiger partial charge >= 0.3 is 11.9 Å². The zero-order chi connectivity index (χ0) is 12.8. The molecule has 0 radical (unpaired) electrons. The molecule has 94 valence electrons. The van der Waals surface area contributed by atoms with Crippen molar-refractivity contribution in [1.29, 1.82) is 0 Å². The van der Waals surface area contributed by atoms with E-state index in [1.165, 1.54) is 11.3 Å². The molecule has 6 heteroatoms. The summed E-state index contributed by atoms with van der Waals surface area (Å²) in [5.41, 5.74) is 0.767. The predicted molar refractivity (Wildman–Crippen MR) is 62.9 cm³/mol. The molecule has 0 saturated heterocycles. The maximum atomic E-state index is 11.7. The average molecular weight is 257 g/mol. The molecule has 17 heavy (non-hydrogen) atoms. The average Bonchev–Trinajstić information content (AvgIpc) is 2.66. The molecule has 1 aromatic heterocycles. The number of hydrogen-bond donors (Lipinski definition) is 0. The highest BCUT2D eigenvalue weighted by Gasteiger charge is 2.33. The van der Waals surface area contributed by atoms with Crippen molar-refractivity contribution >= 4 is 23.3 Å². The largest absolute Gasteiger partial charge is 0.465 e. The number of hydrogen-bond acceptors (Lipinski definition) is 6. The van der Waals surface area contributed by atoms with Crippen LogP contribution in [0, 0.1) is 6.92 Å². The first kappa shape index (κ1) is 13.6. The van der Waals surface area contributed by atoms with Crippen molar-refractivity contribution < 1.29 is 19.1 Å². The topological polar surface area (TPSA) is 65.5 Å². The fraction of sp³-hybridized carbons (Fsp3) is 0.545. The summed E-state index contributed by atoms with van der Waals surface area (Å²) in [7, 11) is 0. The summed E-state index contributed by atoms with van der Waals surface area (Å²) in [4.78, 5) is 27.6. The molecule has 0 atom stereocenters. The fourth-order valence-electron chi connectivity index (χ4n) is 1.25. The number of carbonyl (C=O) groups excluding carboxylic acids is 2. The van der Waals surface area contributed by atoms with E-state index in [2.05, 4.69) is 4.98 Å². The summed E-state index contributed by atoms with van der Waals surface area (Å²) in [5, 5.41) is 2.19. The Balaban J connectivity index is 2.93. The van der Waals surface area contributed by atoms with E-state index in [0.29, 0.717) is 5.01 Å². The summed E-state index contributed by atoms with van der Waals surface area (Å²) in [5.74, 6) is -2.28. The lowest BCUT2D eigenvalue weighted by atomic mass is 10.1. The Hall–Kier alpha value is -1.43. The normalized spacial score (nSPS) is 10.4. The Kier molecular flexibility index (Phi) is 5.09. The molecular weight excluding hydrogens is 242 g/mol. The maximum absolute atomic E-state index is 11.7. The number of esters is 2. The second kappa shape index (κ2) is 6.34. The third-order valence-corrected chi connectivity index (χ3v) is 2.96. The quantitative estimate of drug-likeness (QED) is 0.593. The third-order valence-electron chi connectivity index (χ3n) is 1.93. The van der Waals surface area contributed by atoms with Crippen molar-refractivity contribution in [2.75, 3.05) is 13.2 Å². The molecule has 0 bridgehead atoms. The number of thiazole rings is 1. The molecule has 1 heterocycles. The summed E-state index contributed by atoms with van der Waals surface area (Å²) >= 11 is 1.25. The lowest BCUT2D eigenvalue weighted by molar-refractivity contribution is -0.156. The molecule has 0 unspecified atom stereocenters. The highest BCUT2D eigenvalue weighted by Crippen LogP contribution is 2.23. The van der Waals surface area contributed by atoms with Crippen LogP contribution in [-0.2, 0) is 19.1 Å². The van der Waals surface area contributed by atoms with Gasteiger partial charge in [-0.2, -0.15) is 0 Å². The smallest absolute Gasteiger partial charge is 0.327 e. The first-order valence-electron chi connectivity index (χ1n) is 5.35. The van der Waals surface area contributed by atoms with Crippen molar-refractivity contribution in [2.45, 2.75) is 26.7 Å². The van der Waals surface area contributed by atoms with E-state index in [4.69, 9.17) is 9.47 Å². The van der Waals surface area contributed by atoms with E-state index in [9.17, 15) is 9.59 Å². The molecular formula is C11H15NO4S. The molecule has 1 rings (SSSR count). The lowest BCUT2D eigenvalue weighted by Crippen LogP contribution is -2.26. The third kappa shape index (κ3) is 3.52. The molecule has 1 aromatic rings. The van der Waals surface area contributed by atoms with Crippen molar-refractivity contribution in [3.8, 4) is 0 Å². The van der Waals surface area contributed by atoms with Gasteiger partial charge < -0.3 is 9.47 Å². The predicted octanol–water partition coefficient (Wildman–Crippen LogP) is 1.66. The number of carbonyl (C=O) groups is 2. The van der Waals surface area contributed by atoms with E-state index in [-0.39, 0.29) is 13.2 Å². The van der Waals surface area contributed by atoms with Gasteiger partial charge in [-0.25, -0.2) is 4.98 Å². The van der Waals surface area contributed by atoms with E-state index >= 15 is 0 Å². The molecule has 0 saturated carbocycles. The monoisotopic (exact) mass is 257 g/mol.